The van der Waals surface area contributed by atoms with Crippen LogP contribution in [0, 0.1) is 11.8 Å². The molecule has 5 heteroatoms. The smallest absolute Gasteiger partial charge is 0.312 e. The molecule has 0 aromatic heterocycles. The number of ether oxygens (including phenoxy) is 2. The molecule has 0 radical (unpaired) electrons. The summed E-state index contributed by atoms with van der Waals surface area (Å²) in [7, 11) is 0. The van der Waals surface area contributed by atoms with Gasteiger partial charge in [0, 0.05) is 0 Å². The molecule has 0 amide bonds. The number of rotatable bonds is 11. The van der Waals surface area contributed by atoms with Crippen molar-refractivity contribution in [3.05, 3.63) is 0 Å². The number of carboxylic acid groups (broad SMARTS) is 1. The van der Waals surface area contributed by atoms with Gasteiger partial charge in [-0.1, -0.05) is 51.9 Å². The number of esters is 1. The van der Waals surface area contributed by atoms with Gasteiger partial charge in [0.25, 0.3) is 0 Å². The van der Waals surface area contributed by atoms with Gasteiger partial charge in [0.1, 0.15) is 0 Å². The number of carbonyl (C=O) groups is 2. The van der Waals surface area contributed by atoms with E-state index in [-0.39, 0.29) is 18.2 Å². The summed E-state index contributed by atoms with van der Waals surface area (Å²) in [5.41, 5.74) is 0. The summed E-state index contributed by atoms with van der Waals surface area (Å²) in [6.45, 7) is 2.61. The molecule has 0 spiro atoms. The van der Waals surface area contributed by atoms with Crippen LogP contribution in [-0.2, 0) is 19.1 Å². The number of fused-ring (bicyclic) bond motifs is 2. The van der Waals surface area contributed by atoms with Gasteiger partial charge < -0.3 is 14.6 Å². The highest BCUT2D eigenvalue weighted by Crippen LogP contribution is 2.44. The predicted octanol–water partition coefficient (Wildman–Crippen LogP) is 3.55. The fourth-order valence-corrected chi connectivity index (χ4v) is 3.80. The standard InChI is InChI=1S/C18H30O5/c1-2-3-4-5-6-7-8-9-12-22-18(21)16-14-11-10-13(23-14)15(16)17(19)20/h13-16H,2-12H2,1H3,(H,19,20). The molecular formula is C18H30O5. The third-order valence-electron chi connectivity index (χ3n) is 5.07. The average Bonchev–Trinajstić information content (AvgIpc) is 3.14. The quantitative estimate of drug-likeness (QED) is 0.464. The van der Waals surface area contributed by atoms with Gasteiger partial charge in [-0.25, -0.2) is 0 Å². The van der Waals surface area contributed by atoms with Crippen LogP contribution in [0.1, 0.15) is 71.1 Å². The Balaban J connectivity index is 1.59. The zero-order valence-corrected chi connectivity index (χ0v) is 14.2. The van der Waals surface area contributed by atoms with E-state index in [4.69, 9.17) is 9.47 Å². The highest BCUT2D eigenvalue weighted by atomic mass is 16.5. The maximum atomic E-state index is 12.2. The Hall–Kier alpha value is -1.10. The molecule has 23 heavy (non-hydrogen) atoms. The monoisotopic (exact) mass is 326 g/mol. The van der Waals surface area contributed by atoms with Crippen molar-refractivity contribution in [1.29, 1.82) is 0 Å². The molecule has 2 heterocycles. The number of hydrogen-bond acceptors (Lipinski definition) is 4. The van der Waals surface area contributed by atoms with Gasteiger partial charge in [-0.15, -0.1) is 0 Å². The van der Waals surface area contributed by atoms with Crippen LogP contribution in [0.4, 0.5) is 0 Å². The van der Waals surface area contributed by atoms with Crippen molar-refractivity contribution < 1.29 is 24.2 Å². The van der Waals surface area contributed by atoms with Crippen molar-refractivity contribution in [2.45, 2.75) is 83.3 Å². The lowest BCUT2D eigenvalue weighted by atomic mass is 9.79. The minimum absolute atomic E-state index is 0.257. The first-order chi connectivity index (χ1) is 11.1. The van der Waals surface area contributed by atoms with Crippen LogP contribution in [-0.4, -0.2) is 35.9 Å². The minimum Gasteiger partial charge on any atom is -0.481 e. The van der Waals surface area contributed by atoms with Crippen molar-refractivity contribution in [1.82, 2.24) is 0 Å². The summed E-state index contributed by atoms with van der Waals surface area (Å²) in [5.74, 6) is -2.65. The van der Waals surface area contributed by atoms with Crippen LogP contribution in [0.2, 0.25) is 0 Å². The fourth-order valence-electron chi connectivity index (χ4n) is 3.80. The molecule has 2 aliphatic heterocycles. The number of carboxylic acids is 1. The van der Waals surface area contributed by atoms with Gasteiger partial charge in [0.05, 0.1) is 30.7 Å². The summed E-state index contributed by atoms with van der Waals surface area (Å²) in [4.78, 5) is 23.5. The molecule has 4 atom stereocenters. The first-order valence-corrected chi connectivity index (χ1v) is 9.20. The van der Waals surface area contributed by atoms with E-state index in [1.165, 1.54) is 38.5 Å². The maximum absolute atomic E-state index is 12.2. The molecule has 0 saturated carbocycles. The molecule has 2 saturated heterocycles. The van der Waals surface area contributed by atoms with E-state index in [2.05, 4.69) is 6.92 Å². The normalized spacial score (nSPS) is 28.9. The van der Waals surface area contributed by atoms with Crippen molar-refractivity contribution in [2.24, 2.45) is 11.8 Å². The third-order valence-corrected chi connectivity index (χ3v) is 5.07. The third kappa shape index (κ3) is 4.93. The van der Waals surface area contributed by atoms with E-state index >= 15 is 0 Å². The van der Waals surface area contributed by atoms with Crippen LogP contribution in [0.3, 0.4) is 0 Å². The van der Waals surface area contributed by atoms with E-state index in [1.54, 1.807) is 0 Å². The Bertz CT molecular complexity index is 395. The van der Waals surface area contributed by atoms with Gasteiger partial charge in [-0.2, -0.15) is 0 Å². The van der Waals surface area contributed by atoms with Gasteiger partial charge in [-0.05, 0) is 19.3 Å². The lowest BCUT2D eigenvalue weighted by Gasteiger charge is -2.23. The number of aliphatic carboxylic acids is 1. The molecule has 0 aromatic carbocycles. The highest BCUT2D eigenvalue weighted by molar-refractivity contribution is 5.83. The lowest BCUT2D eigenvalue weighted by molar-refractivity contribution is -0.158. The second-order valence-corrected chi connectivity index (χ2v) is 6.82. The largest absolute Gasteiger partial charge is 0.481 e. The number of unbranched alkanes of at least 4 members (excludes halogenated alkanes) is 7. The molecule has 1 N–H and O–H groups in total. The van der Waals surface area contributed by atoms with Gasteiger partial charge in [-0.3, -0.25) is 9.59 Å². The van der Waals surface area contributed by atoms with Crippen LogP contribution in [0.15, 0.2) is 0 Å². The molecule has 132 valence electrons. The summed E-state index contributed by atoms with van der Waals surface area (Å²) in [6.07, 6.45) is 10.5. The molecule has 2 fully saturated rings. The van der Waals surface area contributed by atoms with Gasteiger partial charge in [0.15, 0.2) is 0 Å². The SMILES string of the molecule is CCCCCCCCCCOC(=O)C1C2CCC(O2)C1C(=O)O. The zero-order chi connectivity index (χ0) is 16.7. The lowest BCUT2D eigenvalue weighted by Crippen LogP contribution is -2.39. The Kier molecular flexibility index (Phi) is 7.34. The first kappa shape index (κ1) is 18.2. The van der Waals surface area contributed by atoms with E-state index in [1.807, 2.05) is 0 Å². The Morgan fingerprint density at radius 1 is 0.957 bits per heavy atom. The zero-order valence-electron chi connectivity index (χ0n) is 14.2. The van der Waals surface area contributed by atoms with Crippen molar-refractivity contribution in [3.63, 3.8) is 0 Å². The molecule has 5 nitrogen and oxygen atoms in total. The molecule has 2 aliphatic rings. The van der Waals surface area contributed by atoms with Crippen molar-refractivity contribution >= 4 is 11.9 Å². The summed E-state index contributed by atoms with van der Waals surface area (Å²) >= 11 is 0. The molecule has 2 bridgehead atoms. The van der Waals surface area contributed by atoms with Crippen LogP contribution in [0.25, 0.3) is 0 Å². The van der Waals surface area contributed by atoms with E-state index < -0.39 is 17.8 Å². The fraction of sp³-hybridized carbons (Fsp3) is 0.889. The molecular weight excluding hydrogens is 296 g/mol. The summed E-state index contributed by atoms with van der Waals surface area (Å²) in [6, 6.07) is 0. The van der Waals surface area contributed by atoms with Crippen LogP contribution >= 0.6 is 0 Å². The van der Waals surface area contributed by atoms with Crippen molar-refractivity contribution in [2.75, 3.05) is 6.61 Å². The van der Waals surface area contributed by atoms with E-state index in [0.29, 0.717) is 6.61 Å². The van der Waals surface area contributed by atoms with Crippen LogP contribution in [0.5, 0.6) is 0 Å². The second-order valence-electron chi connectivity index (χ2n) is 6.82. The maximum Gasteiger partial charge on any atom is 0.312 e. The van der Waals surface area contributed by atoms with Crippen LogP contribution < -0.4 is 0 Å². The second kappa shape index (κ2) is 9.26. The number of carbonyl (C=O) groups excluding carboxylic acids is 1. The molecule has 0 aliphatic carbocycles. The topological polar surface area (TPSA) is 72.8 Å². The van der Waals surface area contributed by atoms with Gasteiger partial charge in [0.2, 0.25) is 0 Å². The Labute approximate surface area is 138 Å². The molecule has 0 aromatic rings. The predicted molar refractivity (Wildman–Crippen MR) is 86.1 cm³/mol. The van der Waals surface area contributed by atoms with E-state index in [9.17, 15) is 14.7 Å². The Morgan fingerprint density at radius 2 is 1.52 bits per heavy atom. The van der Waals surface area contributed by atoms with Gasteiger partial charge >= 0.3 is 11.9 Å². The van der Waals surface area contributed by atoms with Crippen molar-refractivity contribution in [3.8, 4) is 0 Å². The highest BCUT2D eigenvalue weighted by Gasteiger charge is 2.56. The summed E-state index contributed by atoms with van der Waals surface area (Å²) < 4.78 is 10.9. The molecule has 4 unspecified atom stereocenters. The average molecular weight is 326 g/mol. The molecule has 2 rings (SSSR count). The van der Waals surface area contributed by atoms with E-state index in [0.717, 1.165) is 25.7 Å². The Morgan fingerprint density at radius 3 is 2.13 bits per heavy atom. The summed E-state index contributed by atoms with van der Waals surface area (Å²) in [5, 5.41) is 9.30. The number of hydrogen-bond donors (Lipinski definition) is 1. The first-order valence-electron chi connectivity index (χ1n) is 9.20. The minimum atomic E-state index is -0.939.